The number of amides is 1. The van der Waals surface area contributed by atoms with Gasteiger partial charge in [-0.15, -0.1) is 0 Å². The van der Waals surface area contributed by atoms with E-state index in [4.69, 9.17) is 0 Å². The van der Waals surface area contributed by atoms with Crippen molar-refractivity contribution in [2.45, 2.75) is 77.5 Å². The molecule has 17 heavy (non-hydrogen) atoms. The molecule has 1 N–H and O–H groups in total. The monoisotopic (exact) mass is 238 g/mol. The molecule has 2 fully saturated rings. The Morgan fingerprint density at radius 1 is 1.18 bits per heavy atom. The smallest absolute Gasteiger partial charge is 0.240 e. The second kappa shape index (κ2) is 5.38. The van der Waals surface area contributed by atoms with E-state index in [0.717, 1.165) is 0 Å². The lowest BCUT2D eigenvalue weighted by Crippen LogP contribution is -2.47. The quantitative estimate of drug-likeness (QED) is 0.750. The second-order valence-corrected chi connectivity index (χ2v) is 5.97. The lowest BCUT2D eigenvalue weighted by molar-refractivity contribution is -0.132. The molecular weight excluding hydrogens is 212 g/mol. The summed E-state index contributed by atoms with van der Waals surface area (Å²) in [5, 5.41) is 3.45. The summed E-state index contributed by atoms with van der Waals surface area (Å²) in [6, 6.07) is 0.487. The van der Waals surface area contributed by atoms with Gasteiger partial charge < -0.3 is 4.90 Å². The Morgan fingerprint density at radius 2 is 1.76 bits per heavy atom. The Hall–Kier alpha value is -0.570. The van der Waals surface area contributed by atoms with Crippen LogP contribution in [0.3, 0.4) is 0 Å². The maximum atomic E-state index is 12.3. The van der Waals surface area contributed by atoms with E-state index in [1.807, 2.05) is 6.92 Å². The van der Waals surface area contributed by atoms with Crippen molar-refractivity contribution in [3.05, 3.63) is 0 Å². The summed E-state index contributed by atoms with van der Waals surface area (Å²) in [7, 11) is 0. The van der Waals surface area contributed by atoms with Gasteiger partial charge in [0.2, 0.25) is 5.91 Å². The molecule has 1 saturated heterocycles. The number of hydrogen-bond acceptors (Lipinski definition) is 2. The predicted molar refractivity (Wildman–Crippen MR) is 69.6 cm³/mol. The standard InChI is InChI=1S/C14H26N2O/c1-10(2)13-15-11(3)14(17)16(13)12-8-6-4-5-7-9-12/h10-13,15H,4-9H2,1-3H3. The molecule has 0 aromatic heterocycles. The fourth-order valence-corrected chi connectivity index (χ4v) is 3.23. The van der Waals surface area contributed by atoms with Crippen molar-refractivity contribution >= 4 is 5.91 Å². The minimum absolute atomic E-state index is 0.00523. The van der Waals surface area contributed by atoms with Gasteiger partial charge in [-0.2, -0.15) is 0 Å². The van der Waals surface area contributed by atoms with Crippen LogP contribution in [0.25, 0.3) is 0 Å². The molecule has 2 atom stereocenters. The maximum absolute atomic E-state index is 12.3. The third-order valence-corrected chi connectivity index (χ3v) is 4.19. The minimum Gasteiger partial charge on any atom is -0.323 e. The molecule has 3 heteroatoms. The zero-order valence-corrected chi connectivity index (χ0v) is 11.4. The van der Waals surface area contributed by atoms with E-state index in [2.05, 4.69) is 24.1 Å². The molecule has 0 spiro atoms. The zero-order valence-electron chi connectivity index (χ0n) is 11.4. The van der Waals surface area contributed by atoms with Crippen LogP contribution in [0.15, 0.2) is 0 Å². The summed E-state index contributed by atoms with van der Waals surface area (Å²) in [5.74, 6) is 0.808. The summed E-state index contributed by atoms with van der Waals surface area (Å²) in [6.07, 6.45) is 7.90. The SMILES string of the molecule is CC1NC(C(C)C)N(C2CCCCCC2)C1=O. The van der Waals surface area contributed by atoms with Crippen LogP contribution in [0.5, 0.6) is 0 Å². The Bertz CT molecular complexity index is 269. The number of carbonyl (C=O) groups is 1. The van der Waals surface area contributed by atoms with Gasteiger partial charge in [0.1, 0.15) is 0 Å². The third-order valence-electron chi connectivity index (χ3n) is 4.19. The molecule has 0 aromatic carbocycles. The van der Waals surface area contributed by atoms with Crippen molar-refractivity contribution in [1.29, 1.82) is 0 Å². The van der Waals surface area contributed by atoms with Gasteiger partial charge in [-0.3, -0.25) is 10.1 Å². The van der Waals surface area contributed by atoms with Gasteiger partial charge in [0, 0.05) is 6.04 Å². The molecule has 1 heterocycles. The van der Waals surface area contributed by atoms with Gasteiger partial charge >= 0.3 is 0 Å². The largest absolute Gasteiger partial charge is 0.323 e. The molecule has 1 amide bonds. The fraction of sp³-hybridized carbons (Fsp3) is 0.929. The molecule has 1 aliphatic heterocycles. The van der Waals surface area contributed by atoms with E-state index < -0.39 is 0 Å². The van der Waals surface area contributed by atoms with Gasteiger partial charge in [-0.1, -0.05) is 39.5 Å². The molecule has 2 rings (SSSR count). The Labute approximate surface area is 105 Å². The van der Waals surface area contributed by atoms with Crippen LogP contribution in [0.2, 0.25) is 0 Å². The van der Waals surface area contributed by atoms with E-state index in [1.54, 1.807) is 0 Å². The first-order valence-electron chi connectivity index (χ1n) is 7.19. The number of nitrogens with one attached hydrogen (secondary N) is 1. The first-order chi connectivity index (χ1) is 8.11. The molecular formula is C14H26N2O. The molecule has 2 unspecified atom stereocenters. The Kier molecular flexibility index (Phi) is 4.08. The molecule has 3 nitrogen and oxygen atoms in total. The Morgan fingerprint density at radius 3 is 2.29 bits per heavy atom. The van der Waals surface area contributed by atoms with Gasteiger partial charge in [-0.25, -0.2) is 0 Å². The number of carbonyl (C=O) groups excluding carboxylic acids is 1. The molecule has 0 aromatic rings. The van der Waals surface area contributed by atoms with Crippen molar-refractivity contribution < 1.29 is 4.79 Å². The van der Waals surface area contributed by atoms with Crippen molar-refractivity contribution in [3.63, 3.8) is 0 Å². The van der Waals surface area contributed by atoms with Crippen LogP contribution < -0.4 is 5.32 Å². The molecule has 1 aliphatic carbocycles. The number of nitrogens with zero attached hydrogens (tertiary/aromatic N) is 1. The van der Waals surface area contributed by atoms with Crippen LogP contribution in [-0.4, -0.2) is 29.1 Å². The van der Waals surface area contributed by atoms with Gasteiger partial charge in [-0.05, 0) is 25.7 Å². The van der Waals surface area contributed by atoms with Gasteiger partial charge in [0.25, 0.3) is 0 Å². The normalized spacial score (nSPS) is 32.2. The van der Waals surface area contributed by atoms with Crippen molar-refractivity contribution in [3.8, 4) is 0 Å². The highest BCUT2D eigenvalue weighted by Gasteiger charge is 2.41. The summed E-state index contributed by atoms with van der Waals surface area (Å²) in [5.41, 5.74) is 0. The third kappa shape index (κ3) is 2.65. The first kappa shape index (κ1) is 12.9. The van der Waals surface area contributed by atoms with Crippen molar-refractivity contribution in [2.24, 2.45) is 5.92 Å². The predicted octanol–water partition coefficient (Wildman–Crippen LogP) is 2.51. The van der Waals surface area contributed by atoms with E-state index in [9.17, 15) is 4.79 Å². The van der Waals surface area contributed by atoms with Crippen molar-refractivity contribution in [2.75, 3.05) is 0 Å². The molecule has 1 saturated carbocycles. The first-order valence-corrected chi connectivity index (χ1v) is 7.19. The lowest BCUT2D eigenvalue weighted by atomic mass is 10.0. The maximum Gasteiger partial charge on any atom is 0.240 e. The Balaban J connectivity index is 2.11. The van der Waals surface area contributed by atoms with Crippen LogP contribution in [0.1, 0.15) is 59.3 Å². The van der Waals surface area contributed by atoms with Crippen LogP contribution >= 0.6 is 0 Å². The van der Waals surface area contributed by atoms with Crippen molar-refractivity contribution in [1.82, 2.24) is 10.2 Å². The van der Waals surface area contributed by atoms with Gasteiger partial charge in [0.05, 0.1) is 12.2 Å². The van der Waals surface area contributed by atoms with E-state index in [-0.39, 0.29) is 12.2 Å². The highest BCUT2D eigenvalue weighted by Crippen LogP contribution is 2.28. The molecule has 0 radical (unpaired) electrons. The number of rotatable bonds is 2. The zero-order chi connectivity index (χ0) is 12.4. The lowest BCUT2D eigenvalue weighted by Gasteiger charge is -2.34. The van der Waals surface area contributed by atoms with E-state index in [1.165, 1.54) is 38.5 Å². The average Bonchev–Trinajstić information content (AvgIpc) is 2.51. The topological polar surface area (TPSA) is 32.3 Å². The highest BCUT2D eigenvalue weighted by atomic mass is 16.2. The minimum atomic E-state index is 0.00523. The fourth-order valence-electron chi connectivity index (χ4n) is 3.23. The van der Waals surface area contributed by atoms with Crippen LogP contribution in [-0.2, 0) is 4.79 Å². The highest BCUT2D eigenvalue weighted by molar-refractivity contribution is 5.84. The average molecular weight is 238 g/mol. The van der Waals surface area contributed by atoms with Gasteiger partial charge in [0.15, 0.2) is 0 Å². The summed E-state index contributed by atoms with van der Waals surface area (Å²) < 4.78 is 0. The van der Waals surface area contributed by atoms with Crippen LogP contribution in [0.4, 0.5) is 0 Å². The summed E-state index contributed by atoms with van der Waals surface area (Å²) in [6.45, 7) is 6.40. The molecule has 2 aliphatic rings. The second-order valence-electron chi connectivity index (χ2n) is 5.97. The van der Waals surface area contributed by atoms with E-state index >= 15 is 0 Å². The van der Waals surface area contributed by atoms with E-state index in [0.29, 0.717) is 17.9 Å². The summed E-state index contributed by atoms with van der Waals surface area (Å²) >= 11 is 0. The molecule has 98 valence electrons. The molecule has 0 bridgehead atoms. The van der Waals surface area contributed by atoms with Crippen LogP contribution in [0, 0.1) is 5.92 Å². The number of hydrogen-bond donors (Lipinski definition) is 1. The summed E-state index contributed by atoms with van der Waals surface area (Å²) in [4.78, 5) is 14.5.